The van der Waals surface area contributed by atoms with Crippen molar-refractivity contribution >= 4 is 22.6 Å². The minimum atomic E-state index is -1.60. The fourth-order valence-electron chi connectivity index (χ4n) is 3.18. The lowest BCUT2D eigenvalue weighted by Gasteiger charge is -2.13. The van der Waals surface area contributed by atoms with Gasteiger partial charge in [-0.15, -0.1) is 0 Å². The van der Waals surface area contributed by atoms with Crippen LogP contribution in [0.2, 0.25) is 0 Å². The molecule has 1 aliphatic heterocycles. The first-order valence-corrected chi connectivity index (χ1v) is 8.58. The second-order valence-corrected chi connectivity index (χ2v) is 6.66. The van der Waals surface area contributed by atoms with E-state index in [1.807, 2.05) is 42.5 Å². The number of hydrogen-bond donors (Lipinski definition) is 2. The van der Waals surface area contributed by atoms with Crippen LogP contribution in [-0.2, 0) is 4.79 Å². The SMILES string of the molecule is CN1CC[C@@](O)(C#Cc2cccc(-c3ccc4ncnc(N)c4c3)c2)C1=O. The van der Waals surface area contributed by atoms with Crippen molar-refractivity contribution < 1.29 is 9.90 Å². The molecule has 0 bridgehead atoms. The van der Waals surface area contributed by atoms with Crippen LogP contribution in [0.25, 0.3) is 22.0 Å². The highest BCUT2D eigenvalue weighted by Gasteiger charge is 2.42. The van der Waals surface area contributed by atoms with Crippen molar-refractivity contribution in [3.8, 4) is 23.0 Å². The number of likely N-dealkylation sites (tertiary alicyclic amines) is 1. The maximum atomic E-state index is 12.0. The number of nitrogens with two attached hydrogens (primary N) is 1. The molecular formula is C21H18N4O2. The summed E-state index contributed by atoms with van der Waals surface area (Å²) < 4.78 is 0. The maximum absolute atomic E-state index is 12.0. The average molecular weight is 358 g/mol. The lowest BCUT2D eigenvalue weighted by Crippen LogP contribution is -2.37. The van der Waals surface area contributed by atoms with Gasteiger partial charge in [-0.2, -0.15) is 0 Å². The lowest BCUT2D eigenvalue weighted by molar-refractivity contribution is -0.137. The van der Waals surface area contributed by atoms with Gasteiger partial charge in [-0.05, 0) is 35.4 Å². The Hall–Kier alpha value is -3.43. The number of hydrogen-bond acceptors (Lipinski definition) is 5. The van der Waals surface area contributed by atoms with Crippen LogP contribution in [0.15, 0.2) is 48.8 Å². The number of carbonyl (C=O) groups excluding carboxylic acids is 1. The van der Waals surface area contributed by atoms with Gasteiger partial charge in [0.25, 0.3) is 5.91 Å². The molecule has 6 nitrogen and oxygen atoms in total. The van der Waals surface area contributed by atoms with E-state index in [4.69, 9.17) is 5.73 Å². The number of aliphatic hydroxyl groups is 1. The Balaban J connectivity index is 1.69. The number of fused-ring (bicyclic) bond motifs is 1. The van der Waals surface area contributed by atoms with Crippen LogP contribution in [-0.4, -0.2) is 45.1 Å². The summed E-state index contributed by atoms with van der Waals surface area (Å²) >= 11 is 0. The largest absolute Gasteiger partial charge is 0.383 e. The molecule has 0 saturated carbocycles. The van der Waals surface area contributed by atoms with Gasteiger partial charge in [0.05, 0.1) is 5.52 Å². The van der Waals surface area contributed by atoms with Crippen molar-refractivity contribution in [2.75, 3.05) is 19.3 Å². The van der Waals surface area contributed by atoms with Gasteiger partial charge in [0.1, 0.15) is 12.1 Å². The van der Waals surface area contributed by atoms with Crippen LogP contribution in [0.1, 0.15) is 12.0 Å². The molecule has 0 aliphatic carbocycles. The van der Waals surface area contributed by atoms with Crippen molar-refractivity contribution in [2.45, 2.75) is 12.0 Å². The first-order valence-electron chi connectivity index (χ1n) is 8.58. The molecule has 1 amide bonds. The van der Waals surface area contributed by atoms with E-state index in [1.54, 1.807) is 7.05 Å². The third-order valence-electron chi connectivity index (χ3n) is 4.79. The zero-order valence-electron chi connectivity index (χ0n) is 14.8. The highest BCUT2D eigenvalue weighted by molar-refractivity contribution is 5.92. The summed E-state index contributed by atoms with van der Waals surface area (Å²) in [6.45, 7) is 0.505. The van der Waals surface area contributed by atoms with Gasteiger partial charge in [0, 0.05) is 31.0 Å². The molecule has 1 aliphatic rings. The van der Waals surface area contributed by atoms with E-state index >= 15 is 0 Å². The molecule has 0 unspecified atom stereocenters. The standard InChI is InChI=1S/C21H18N4O2/c1-25-10-9-21(27,20(25)26)8-7-14-3-2-4-15(11-14)16-5-6-18-17(12-16)19(22)24-13-23-18/h2-6,11-13,27H,9-10H2,1H3,(H2,22,23,24)/t21-/m0/s1. The van der Waals surface area contributed by atoms with Crippen molar-refractivity contribution in [3.05, 3.63) is 54.4 Å². The van der Waals surface area contributed by atoms with Gasteiger partial charge < -0.3 is 15.7 Å². The molecule has 2 heterocycles. The summed E-state index contributed by atoms with van der Waals surface area (Å²) in [7, 11) is 1.66. The smallest absolute Gasteiger partial charge is 0.267 e. The zero-order chi connectivity index (χ0) is 19.0. The van der Waals surface area contributed by atoms with Crippen LogP contribution in [0.3, 0.4) is 0 Å². The number of rotatable bonds is 1. The number of carbonyl (C=O) groups is 1. The van der Waals surface area contributed by atoms with E-state index in [-0.39, 0.29) is 5.91 Å². The van der Waals surface area contributed by atoms with Gasteiger partial charge >= 0.3 is 0 Å². The van der Waals surface area contributed by atoms with E-state index in [1.165, 1.54) is 11.2 Å². The maximum Gasteiger partial charge on any atom is 0.267 e. The summed E-state index contributed by atoms with van der Waals surface area (Å²) in [6, 6.07) is 13.4. The first kappa shape index (κ1) is 17.0. The molecule has 1 fully saturated rings. The van der Waals surface area contributed by atoms with Crippen LogP contribution >= 0.6 is 0 Å². The quantitative estimate of drug-likeness (QED) is 0.648. The summed E-state index contributed by atoms with van der Waals surface area (Å²) in [5.74, 6) is 5.77. The first-order chi connectivity index (χ1) is 13.0. The van der Waals surface area contributed by atoms with Crippen molar-refractivity contribution in [1.29, 1.82) is 0 Å². The van der Waals surface area contributed by atoms with Gasteiger partial charge in [0.15, 0.2) is 0 Å². The van der Waals surface area contributed by atoms with E-state index in [0.29, 0.717) is 18.8 Å². The fraction of sp³-hybridized carbons (Fsp3) is 0.190. The molecule has 1 atom stereocenters. The Morgan fingerprint density at radius 3 is 2.78 bits per heavy atom. The zero-order valence-corrected chi connectivity index (χ0v) is 14.8. The van der Waals surface area contributed by atoms with Crippen molar-refractivity contribution in [2.24, 2.45) is 0 Å². The van der Waals surface area contributed by atoms with Gasteiger partial charge in [-0.25, -0.2) is 9.97 Å². The highest BCUT2D eigenvalue weighted by Crippen LogP contribution is 2.26. The summed E-state index contributed by atoms with van der Waals surface area (Å²) in [5.41, 5.74) is 7.78. The lowest BCUT2D eigenvalue weighted by atomic mass is 10.00. The Morgan fingerprint density at radius 1 is 1.19 bits per heavy atom. The molecule has 0 spiro atoms. The van der Waals surface area contributed by atoms with E-state index in [9.17, 15) is 9.90 Å². The number of amides is 1. The average Bonchev–Trinajstić information content (AvgIpc) is 2.95. The number of anilines is 1. The fourth-order valence-corrected chi connectivity index (χ4v) is 3.18. The third kappa shape index (κ3) is 3.09. The van der Waals surface area contributed by atoms with Crippen LogP contribution in [0.4, 0.5) is 5.82 Å². The molecule has 6 heteroatoms. The molecule has 27 heavy (non-hydrogen) atoms. The minimum absolute atomic E-state index is 0.318. The van der Waals surface area contributed by atoms with E-state index < -0.39 is 5.60 Å². The topological polar surface area (TPSA) is 92.3 Å². The molecule has 1 aromatic heterocycles. The second-order valence-electron chi connectivity index (χ2n) is 6.66. The van der Waals surface area contributed by atoms with Gasteiger partial charge in [-0.3, -0.25) is 4.79 Å². The Bertz CT molecular complexity index is 1120. The van der Waals surface area contributed by atoms with Gasteiger partial charge in [0.2, 0.25) is 5.60 Å². The molecule has 4 rings (SSSR count). The molecule has 3 N–H and O–H groups in total. The summed E-state index contributed by atoms with van der Waals surface area (Å²) in [5, 5.41) is 11.2. The summed E-state index contributed by atoms with van der Waals surface area (Å²) in [6.07, 6.45) is 1.76. The number of likely N-dealkylation sites (N-methyl/N-ethyl adjacent to an activating group) is 1. The number of benzene rings is 2. The molecular weight excluding hydrogens is 340 g/mol. The number of nitrogens with zero attached hydrogens (tertiary/aromatic N) is 3. The Kier molecular flexibility index (Phi) is 4.02. The monoisotopic (exact) mass is 358 g/mol. The van der Waals surface area contributed by atoms with Crippen LogP contribution in [0.5, 0.6) is 0 Å². The molecule has 1 saturated heterocycles. The molecule has 3 aromatic rings. The number of aromatic nitrogens is 2. The summed E-state index contributed by atoms with van der Waals surface area (Å²) in [4.78, 5) is 21.8. The Labute approximate surface area is 156 Å². The number of nitrogen functional groups attached to an aromatic ring is 1. The second kappa shape index (κ2) is 6.38. The normalized spacial score (nSPS) is 19.2. The molecule has 2 aromatic carbocycles. The van der Waals surface area contributed by atoms with Crippen LogP contribution in [0, 0.1) is 11.8 Å². The van der Waals surface area contributed by atoms with Crippen molar-refractivity contribution in [1.82, 2.24) is 14.9 Å². The van der Waals surface area contributed by atoms with Crippen LogP contribution < -0.4 is 5.73 Å². The minimum Gasteiger partial charge on any atom is -0.383 e. The predicted molar refractivity (Wildman–Crippen MR) is 103 cm³/mol. The third-order valence-corrected chi connectivity index (χ3v) is 4.79. The predicted octanol–water partition coefficient (Wildman–Crippen LogP) is 1.82. The molecule has 0 radical (unpaired) electrons. The molecule has 134 valence electrons. The Morgan fingerprint density at radius 2 is 2.00 bits per heavy atom. The van der Waals surface area contributed by atoms with E-state index in [2.05, 4.69) is 21.8 Å². The van der Waals surface area contributed by atoms with Crippen molar-refractivity contribution in [3.63, 3.8) is 0 Å². The van der Waals surface area contributed by atoms with Gasteiger partial charge in [-0.1, -0.05) is 30.0 Å². The van der Waals surface area contributed by atoms with E-state index in [0.717, 1.165) is 27.6 Å². The highest BCUT2D eigenvalue weighted by atomic mass is 16.3.